The van der Waals surface area contributed by atoms with Crippen LogP contribution in [0.15, 0.2) is 11.9 Å². The summed E-state index contributed by atoms with van der Waals surface area (Å²) in [5.41, 5.74) is -0.626. The predicted octanol–water partition coefficient (Wildman–Crippen LogP) is 2.71. The first-order valence-corrected chi connectivity index (χ1v) is 6.75. The number of hydrogen-bond donors (Lipinski definition) is 1. The Hall–Kier alpha value is -1.59. The van der Waals surface area contributed by atoms with Crippen molar-refractivity contribution in [2.75, 3.05) is 6.61 Å². The molecule has 0 unspecified atom stereocenters. The fourth-order valence-electron chi connectivity index (χ4n) is 1.96. The van der Waals surface area contributed by atoms with Gasteiger partial charge in [-0.1, -0.05) is 0 Å². The number of carbonyl (C=O) groups is 2. The Labute approximate surface area is 118 Å². The molecular formula is C14H22FNO4. The van der Waals surface area contributed by atoms with Gasteiger partial charge in [0.25, 0.3) is 0 Å². The Morgan fingerprint density at radius 3 is 2.65 bits per heavy atom. The van der Waals surface area contributed by atoms with Crippen molar-refractivity contribution in [1.82, 2.24) is 5.32 Å². The molecule has 0 aliphatic heterocycles. The van der Waals surface area contributed by atoms with Crippen LogP contribution in [0.5, 0.6) is 0 Å². The second-order valence-corrected chi connectivity index (χ2v) is 5.68. The highest BCUT2D eigenvalue weighted by Gasteiger charge is 2.33. The summed E-state index contributed by atoms with van der Waals surface area (Å²) in [5.74, 6) is -1.70. The molecule has 0 fully saturated rings. The van der Waals surface area contributed by atoms with Crippen LogP contribution in [0.2, 0.25) is 0 Å². The van der Waals surface area contributed by atoms with Gasteiger partial charge in [-0.25, -0.2) is 9.18 Å². The molecule has 1 aliphatic rings. The number of carbonyl (C=O) groups excluding carboxylic acids is 2. The molecule has 2 atom stereocenters. The SMILES string of the molecule is CCOC(=O)[C@H]1C=C(F)CC[C@@H]1NC(=O)OC(C)(C)C. The first-order chi connectivity index (χ1) is 9.23. The maximum absolute atomic E-state index is 13.3. The van der Waals surface area contributed by atoms with Crippen LogP contribution in [0, 0.1) is 5.92 Å². The molecule has 1 amide bonds. The van der Waals surface area contributed by atoms with Crippen LogP contribution in [0.1, 0.15) is 40.5 Å². The van der Waals surface area contributed by atoms with Gasteiger partial charge in [0.2, 0.25) is 0 Å². The molecule has 0 saturated heterocycles. The van der Waals surface area contributed by atoms with Gasteiger partial charge in [0.1, 0.15) is 5.60 Å². The zero-order valence-electron chi connectivity index (χ0n) is 12.4. The fraction of sp³-hybridized carbons (Fsp3) is 0.714. The van der Waals surface area contributed by atoms with Crippen LogP contribution < -0.4 is 5.32 Å². The molecule has 0 spiro atoms. The second-order valence-electron chi connectivity index (χ2n) is 5.68. The van der Waals surface area contributed by atoms with Crippen molar-refractivity contribution in [3.8, 4) is 0 Å². The highest BCUT2D eigenvalue weighted by Crippen LogP contribution is 2.25. The highest BCUT2D eigenvalue weighted by molar-refractivity contribution is 5.77. The minimum absolute atomic E-state index is 0.191. The molecule has 0 aromatic carbocycles. The fourth-order valence-corrected chi connectivity index (χ4v) is 1.96. The summed E-state index contributed by atoms with van der Waals surface area (Å²) in [5, 5.41) is 2.61. The molecule has 1 N–H and O–H groups in total. The third kappa shape index (κ3) is 5.19. The maximum Gasteiger partial charge on any atom is 0.407 e. The van der Waals surface area contributed by atoms with Crippen LogP contribution >= 0.6 is 0 Å². The van der Waals surface area contributed by atoms with Crippen LogP contribution in [0.4, 0.5) is 9.18 Å². The van der Waals surface area contributed by atoms with E-state index in [-0.39, 0.29) is 18.9 Å². The van der Waals surface area contributed by atoms with Gasteiger partial charge in [-0.05, 0) is 40.2 Å². The number of ether oxygens (including phenoxy) is 2. The van der Waals surface area contributed by atoms with Gasteiger partial charge < -0.3 is 14.8 Å². The number of esters is 1. The van der Waals surface area contributed by atoms with Crippen molar-refractivity contribution in [1.29, 1.82) is 0 Å². The summed E-state index contributed by atoms with van der Waals surface area (Å²) in [4.78, 5) is 23.5. The number of amides is 1. The van der Waals surface area contributed by atoms with E-state index in [9.17, 15) is 14.0 Å². The van der Waals surface area contributed by atoms with E-state index in [1.165, 1.54) is 6.08 Å². The third-order valence-electron chi connectivity index (χ3n) is 2.75. The lowest BCUT2D eigenvalue weighted by Crippen LogP contribution is -2.46. The van der Waals surface area contributed by atoms with Crippen molar-refractivity contribution in [3.63, 3.8) is 0 Å². The molecular weight excluding hydrogens is 265 g/mol. The van der Waals surface area contributed by atoms with E-state index in [1.807, 2.05) is 0 Å². The molecule has 6 heteroatoms. The largest absolute Gasteiger partial charge is 0.465 e. The number of nitrogens with one attached hydrogen (secondary N) is 1. The van der Waals surface area contributed by atoms with Crippen molar-refractivity contribution < 1.29 is 23.5 Å². The van der Waals surface area contributed by atoms with E-state index in [1.54, 1.807) is 27.7 Å². The summed E-state index contributed by atoms with van der Waals surface area (Å²) in [6.45, 7) is 7.13. The zero-order chi connectivity index (χ0) is 15.3. The molecule has 1 rings (SSSR count). The van der Waals surface area contributed by atoms with Gasteiger partial charge in [-0.15, -0.1) is 0 Å². The molecule has 0 radical (unpaired) electrons. The summed E-state index contributed by atoms with van der Waals surface area (Å²) >= 11 is 0. The van der Waals surface area contributed by atoms with Crippen molar-refractivity contribution >= 4 is 12.1 Å². The number of halogens is 1. The van der Waals surface area contributed by atoms with Gasteiger partial charge in [-0.2, -0.15) is 0 Å². The average Bonchev–Trinajstić information content (AvgIpc) is 2.29. The summed E-state index contributed by atoms with van der Waals surface area (Å²) < 4.78 is 23.4. The normalized spacial score (nSPS) is 22.8. The molecule has 20 heavy (non-hydrogen) atoms. The topological polar surface area (TPSA) is 64.6 Å². The first-order valence-electron chi connectivity index (χ1n) is 6.75. The van der Waals surface area contributed by atoms with Crippen molar-refractivity contribution in [2.24, 2.45) is 5.92 Å². The Balaban J connectivity index is 2.71. The molecule has 0 heterocycles. The minimum atomic E-state index is -0.809. The van der Waals surface area contributed by atoms with E-state index < -0.39 is 29.6 Å². The van der Waals surface area contributed by atoms with Crippen LogP contribution in [0.3, 0.4) is 0 Å². The van der Waals surface area contributed by atoms with Gasteiger partial charge in [0, 0.05) is 12.5 Å². The smallest absolute Gasteiger partial charge is 0.407 e. The van der Waals surface area contributed by atoms with Gasteiger partial charge in [-0.3, -0.25) is 4.79 Å². The minimum Gasteiger partial charge on any atom is -0.465 e. The lowest BCUT2D eigenvalue weighted by Gasteiger charge is -2.29. The van der Waals surface area contributed by atoms with Crippen LogP contribution in [-0.4, -0.2) is 30.3 Å². The van der Waals surface area contributed by atoms with E-state index in [4.69, 9.17) is 9.47 Å². The molecule has 0 aromatic heterocycles. The van der Waals surface area contributed by atoms with Gasteiger partial charge in [0.05, 0.1) is 18.4 Å². The van der Waals surface area contributed by atoms with E-state index >= 15 is 0 Å². The van der Waals surface area contributed by atoms with E-state index in [0.717, 1.165) is 0 Å². The quantitative estimate of drug-likeness (QED) is 0.811. The number of alkyl carbamates (subject to hydrolysis) is 1. The first kappa shape index (κ1) is 16.5. The Kier molecular flexibility index (Phi) is 5.53. The van der Waals surface area contributed by atoms with Crippen LogP contribution in [0.25, 0.3) is 0 Å². The van der Waals surface area contributed by atoms with Crippen molar-refractivity contribution in [3.05, 3.63) is 11.9 Å². The zero-order valence-corrected chi connectivity index (χ0v) is 12.4. The number of rotatable bonds is 3. The molecule has 0 bridgehead atoms. The van der Waals surface area contributed by atoms with E-state index in [0.29, 0.717) is 6.42 Å². The second kappa shape index (κ2) is 6.72. The molecule has 114 valence electrons. The third-order valence-corrected chi connectivity index (χ3v) is 2.75. The standard InChI is InChI=1S/C14H22FNO4/c1-5-19-12(17)10-8-9(15)6-7-11(10)16-13(18)20-14(2,3)4/h8,10-11H,5-7H2,1-4H3,(H,16,18)/t10-,11-/m0/s1. The molecule has 0 saturated carbocycles. The monoisotopic (exact) mass is 287 g/mol. The maximum atomic E-state index is 13.3. The number of hydrogen-bond acceptors (Lipinski definition) is 4. The molecule has 1 aliphatic carbocycles. The van der Waals surface area contributed by atoms with E-state index in [2.05, 4.69) is 5.32 Å². The highest BCUT2D eigenvalue weighted by atomic mass is 19.1. The van der Waals surface area contributed by atoms with Gasteiger partial charge >= 0.3 is 12.1 Å². The molecule has 0 aromatic rings. The Bertz CT molecular complexity index is 400. The molecule has 5 nitrogen and oxygen atoms in total. The Morgan fingerprint density at radius 2 is 2.10 bits per heavy atom. The van der Waals surface area contributed by atoms with Crippen molar-refractivity contribution in [2.45, 2.75) is 52.2 Å². The van der Waals surface area contributed by atoms with Crippen LogP contribution in [-0.2, 0) is 14.3 Å². The van der Waals surface area contributed by atoms with Gasteiger partial charge in [0.15, 0.2) is 0 Å². The predicted molar refractivity (Wildman–Crippen MR) is 71.7 cm³/mol. The average molecular weight is 287 g/mol. The Morgan fingerprint density at radius 1 is 1.45 bits per heavy atom. The summed E-state index contributed by atoms with van der Waals surface area (Å²) in [6.07, 6.45) is 1.12. The lowest BCUT2D eigenvalue weighted by atomic mass is 9.89. The summed E-state index contributed by atoms with van der Waals surface area (Å²) in [6, 6.07) is -0.511. The summed E-state index contributed by atoms with van der Waals surface area (Å²) in [7, 11) is 0. The number of allylic oxidation sites excluding steroid dienone is 1. The lowest BCUT2D eigenvalue weighted by molar-refractivity contribution is -0.147.